The first-order valence-corrected chi connectivity index (χ1v) is 6.20. The zero-order chi connectivity index (χ0) is 15.2. The first kappa shape index (κ1) is 13.5. The van der Waals surface area contributed by atoms with Gasteiger partial charge in [-0.15, -0.1) is 0 Å². The SMILES string of the molecule is Nc1cc2c(cc1-n1ccc(C(F)(F)F)n1)CCC(=O)N2. The third-order valence-electron chi connectivity index (χ3n) is 3.27. The maximum Gasteiger partial charge on any atom is 0.435 e. The molecular formula is C13H11F3N4O. The first-order valence-electron chi connectivity index (χ1n) is 6.20. The molecule has 1 aliphatic rings. The van der Waals surface area contributed by atoms with Gasteiger partial charge in [0.15, 0.2) is 5.69 Å². The Kier molecular flexibility index (Phi) is 2.89. The normalized spacial score (nSPS) is 14.7. The van der Waals surface area contributed by atoms with E-state index in [4.69, 9.17) is 5.73 Å². The average molecular weight is 296 g/mol. The predicted molar refractivity (Wildman–Crippen MR) is 69.9 cm³/mol. The number of nitrogens with two attached hydrogens (primary N) is 1. The molecule has 1 aromatic heterocycles. The predicted octanol–water partition coefficient (Wildman–Crippen LogP) is 2.36. The summed E-state index contributed by atoms with van der Waals surface area (Å²) in [5, 5.41) is 6.18. The number of carbonyl (C=O) groups is 1. The van der Waals surface area contributed by atoms with Gasteiger partial charge in [-0.2, -0.15) is 18.3 Å². The monoisotopic (exact) mass is 296 g/mol. The van der Waals surface area contributed by atoms with Crippen LogP contribution in [0.2, 0.25) is 0 Å². The highest BCUT2D eigenvalue weighted by Crippen LogP contribution is 2.32. The third kappa shape index (κ3) is 2.44. The molecule has 0 fully saturated rings. The molecule has 0 bridgehead atoms. The number of hydrogen-bond acceptors (Lipinski definition) is 3. The minimum absolute atomic E-state index is 0.104. The molecule has 2 heterocycles. The van der Waals surface area contributed by atoms with Crippen LogP contribution >= 0.6 is 0 Å². The van der Waals surface area contributed by atoms with Crippen LogP contribution in [0.5, 0.6) is 0 Å². The highest BCUT2D eigenvalue weighted by atomic mass is 19.4. The second-order valence-corrected chi connectivity index (χ2v) is 4.76. The summed E-state index contributed by atoms with van der Waals surface area (Å²) in [7, 11) is 0. The van der Waals surface area contributed by atoms with Gasteiger partial charge in [0.2, 0.25) is 5.91 Å². The number of aryl methyl sites for hydroxylation is 1. The lowest BCUT2D eigenvalue weighted by molar-refractivity contribution is -0.141. The van der Waals surface area contributed by atoms with Crippen molar-refractivity contribution in [3.05, 3.63) is 35.7 Å². The van der Waals surface area contributed by atoms with Crippen molar-refractivity contribution >= 4 is 17.3 Å². The Morgan fingerprint density at radius 1 is 1.29 bits per heavy atom. The Balaban J connectivity index is 2.03. The van der Waals surface area contributed by atoms with Crippen LogP contribution in [0, 0.1) is 0 Å². The Morgan fingerprint density at radius 3 is 2.71 bits per heavy atom. The number of anilines is 2. The number of alkyl halides is 3. The number of nitrogen functional groups attached to an aromatic ring is 1. The molecule has 0 saturated heterocycles. The van der Waals surface area contributed by atoms with Crippen molar-refractivity contribution in [3.63, 3.8) is 0 Å². The summed E-state index contributed by atoms with van der Waals surface area (Å²) in [5.41, 5.74) is 6.89. The average Bonchev–Trinajstić information content (AvgIpc) is 2.87. The van der Waals surface area contributed by atoms with Crippen molar-refractivity contribution in [3.8, 4) is 5.69 Å². The molecule has 8 heteroatoms. The van der Waals surface area contributed by atoms with E-state index >= 15 is 0 Å². The molecule has 0 unspecified atom stereocenters. The van der Waals surface area contributed by atoms with E-state index in [0.717, 1.165) is 16.3 Å². The lowest BCUT2D eigenvalue weighted by Gasteiger charge is -2.19. The quantitative estimate of drug-likeness (QED) is 0.793. The number of fused-ring (bicyclic) bond motifs is 1. The van der Waals surface area contributed by atoms with Gasteiger partial charge in [-0.25, -0.2) is 4.68 Å². The van der Waals surface area contributed by atoms with E-state index in [9.17, 15) is 18.0 Å². The molecule has 3 rings (SSSR count). The van der Waals surface area contributed by atoms with Gasteiger partial charge in [-0.1, -0.05) is 0 Å². The third-order valence-corrected chi connectivity index (χ3v) is 3.27. The molecule has 0 saturated carbocycles. The van der Waals surface area contributed by atoms with Crippen molar-refractivity contribution in [1.29, 1.82) is 0 Å². The van der Waals surface area contributed by atoms with Crippen LogP contribution < -0.4 is 11.1 Å². The van der Waals surface area contributed by atoms with Gasteiger partial charge in [0, 0.05) is 18.3 Å². The minimum Gasteiger partial charge on any atom is -0.397 e. The first-order chi connectivity index (χ1) is 9.84. The fourth-order valence-electron chi connectivity index (χ4n) is 2.24. The number of rotatable bonds is 1. The number of benzene rings is 1. The van der Waals surface area contributed by atoms with Crippen LogP contribution in [-0.2, 0) is 17.4 Å². The lowest BCUT2D eigenvalue weighted by atomic mass is 10.0. The second-order valence-electron chi connectivity index (χ2n) is 4.76. The van der Waals surface area contributed by atoms with Gasteiger partial charge in [0.25, 0.3) is 0 Å². The summed E-state index contributed by atoms with van der Waals surface area (Å²) in [6, 6.07) is 4.08. The van der Waals surface area contributed by atoms with Crippen molar-refractivity contribution in [2.24, 2.45) is 0 Å². The second kappa shape index (κ2) is 4.51. The molecule has 0 atom stereocenters. The number of hydrogen-bond donors (Lipinski definition) is 2. The number of nitrogens with one attached hydrogen (secondary N) is 1. The van der Waals surface area contributed by atoms with E-state index in [1.165, 1.54) is 12.3 Å². The van der Waals surface area contributed by atoms with Crippen LogP contribution in [-0.4, -0.2) is 15.7 Å². The zero-order valence-corrected chi connectivity index (χ0v) is 10.7. The summed E-state index contributed by atoms with van der Waals surface area (Å²) in [5.74, 6) is -0.104. The molecule has 1 amide bonds. The van der Waals surface area contributed by atoms with E-state index in [2.05, 4.69) is 10.4 Å². The van der Waals surface area contributed by atoms with Crippen LogP contribution in [0.3, 0.4) is 0 Å². The Morgan fingerprint density at radius 2 is 2.05 bits per heavy atom. The smallest absolute Gasteiger partial charge is 0.397 e. The zero-order valence-electron chi connectivity index (χ0n) is 10.7. The fraction of sp³-hybridized carbons (Fsp3) is 0.231. The molecule has 0 radical (unpaired) electrons. The molecule has 0 spiro atoms. The number of halogens is 3. The van der Waals surface area contributed by atoms with E-state index in [0.29, 0.717) is 24.2 Å². The van der Waals surface area contributed by atoms with Crippen molar-refractivity contribution in [2.45, 2.75) is 19.0 Å². The number of aromatic nitrogens is 2. The lowest BCUT2D eigenvalue weighted by Crippen LogP contribution is -2.19. The van der Waals surface area contributed by atoms with E-state index < -0.39 is 11.9 Å². The Labute approximate surface area is 117 Å². The molecule has 1 aromatic carbocycles. The molecule has 21 heavy (non-hydrogen) atoms. The Hall–Kier alpha value is -2.51. The van der Waals surface area contributed by atoms with Crippen molar-refractivity contribution in [2.75, 3.05) is 11.1 Å². The highest BCUT2D eigenvalue weighted by Gasteiger charge is 2.33. The Bertz CT molecular complexity index is 721. The van der Waals surface area contributed by atoms with Crippen LogP contribution in [0.15, 0.2) is 24.4 Å². The molecule has 3 N–H and O–H groups in total. The van der Waals surface area contributed by atoms with E-state index in [-0.39, 0.29) is 11.6 Å². The van der Waals surface area contributed by atoms with E-state index in [1.807, 2.05) is 0 Å². The molecule has 5 nitrogen and oxygen atoms in total. The summed E-state index contributed by atoms with van der Waals surface area (Å²) >= 11 is 0. The standard InChI is InChI=1S/C13H11F3N4O/c14-13(15,16)11-3-4-20(19-11)10-5-7-1-2-12(21)18-9(7)6-8(10)17/h3-6H,1-2,17H2,(H,18,21). The maximum atomic E-state index is 12.6. The van der Waals surface area contributed by atoms with Crippen LogP contribution in [0.25, 0.3) is 5.69 Å². The topological polar surface area (TPSA) is 72.9 Å². The van der Waals surface area contributed by atoms with Crippen LogP contribution in [0.1, 0.15) is 17.7 Å². The van der Waals surface area contributed by atoms with Gasteiger partial charge >= 0.3 is 6.18 Å². The fourth-order valence-corrected chi connectivity index (χ4v) is 2.24. The maximum absolute atomic E-state index is 12.6. The van der Waals surface area contributed by atoms with Gasteiger partial charge < -0.3 is 11.1 Å². The minimum atomic E-state index is -4.50. The summed E-state index contributed by atoms with van der Waals surface area (Å²) in [4.78, 5) is 11.3. The van der Waals surface area contributed by atoms with Gasteiger partial charge in [-0.05, 0) is 30.2 Å². The molecule has 110 valence electrons. The number of amides is 1. The largest absolute Gasteiger partial charge is 0.435 e. The van der Waals surface area contributed by atoms with Gasteiger partial charge in [0.1, 0.15) is 0 Å². The van der Waals surface area contributed by atoms with Crippen molar-refractivity contribution in [1.82, 2.24) is 9.78 Å². The number of carbonyl (C=O) groups excluding carboxylic acids is 1. The summed E-state index contributed by atoms with van der Waals surface area (Å²) in [6.07, 6.45) is -2.43. The van der Waals surface area contributed by atoms with Gasteiger partial charge in [-0.3, -0.25) is 4.79 Å². The van der Waals surface area contributed by atoms with E-state index in [1.54, 1.807) is 6.07 Å². The highest BCUT2D eigenvalue weighted by molar-refractivity contribution is 5.95. The van der Waals surface area contributed by atoms with Crippen LogP contribution in [0.4, 0.5) is 24.5 Å². The molecule has 0 aliphatic carbocycles. The number of nitrogens with zero attached hydrogens (tertiary/aromatic N) is 2. The molecular weight excluding hydrogens is 285 g/mol. The molecule has 1 aliphatic heterocycles. The van der Waals surface area contributed by atoms with Gasteiger partial charge in [0.05, 0.1) is 11.4 Å². The molecule has 2 aromatic rings. The summed E-state index contributed by atoms with van der Waals surface area (Å²) < 4.78 is 38.8. The summed E-state index contributed by atoms with van der Waals surface area (Å²) in [6.45, 7) is 0. The van der Waals surface area contributed by atoms with Crippen molar-refractivity contribution < 1.29 is 18.0 Å².